The third-order valence-corrected chi connectivity index (χ3v) is 3.36. The molecule has 0 saturated heterocycles. The van der Waals surface area contributed by atoms with Gasteiger partial charge in [-0.25, -0.2) is 4.98 Å². The number of rotatable bonds is 3. The number of ether oxygens (including phenoxy) is 1. The van der Waals surface area contributed by atoms with Crippen molar-refractivity contribution in [3.63, 3.8) is 0 Å². The van der Waals surface area contributed by atoms with Crippen LogP contribution in [0.15, 0.2) is 54.6 Å². The van der Waals surface area contributed by atoms with Crippen molar-refractivity contribution in [3.8, 4) is 17.0 Å². The molecule has 0 radical (unpaired) electrons. The van der Waals surface area contributed by atoms with Crippen LogP contribution < -0.4 is 4.74 Å². The maximum absolute atomic E-state index is 6.12. The summed E-state index contributed by atoms with van der Waals surface area (Å²) in [6.45, 7) is 2.55. The molecule has 0 saturated carbocycles. The molecule has 0 amide bonds. The molecule has 3 rings (SSSR count). The van der Waals surface area contributed by atoms with Gasteiger partial charge in [0.15, 0.2) is 0 Å². The summed E-state index contributed by atoms with van der Waals surface area (Å²) < 4.78 is 5.56. The van der Waals surface area contributed by atoms with Crippen LogP contribution in [0.4, 0.5) is 0 Å². The zero-order valence-electron chi connectivity index (χ0n) is 11.1. The molecule has 1 aromatic heterocycles. The van der Waals surface area contributed by atoms with Crippen LogP contribution in [0.25, 0.3) is 22.0 Å². The Bertz CT molecular complexity index is 741. The van der Waals surface area contributed by atoms with E-state index in [9.17, 15) is 0 Å². The first-order valence-electron chi connectivity index (χ1n) is 6.56. The maximum atomic E-state index is 6.12. The fraction of sp³-hybridized carbons (Fsp3) is 0.118. The van der Waals surface area contributed by atoms with Crippen molar-refractivity contribution in [1.82, 2.24) is 4.98 Å². The molecular formula is C17H14ClNO. The van der Waals surface area contributed by atoms with Crippen LogP contribution in [-0.2, 0) is 0 Å². The quantitative estimate of drug-likeness (QED) is 0.678. The second-order valence-corrected chi connectivity index (χ2v) is 4.90. The highest BCUT2D eigenvalue weighted by atomic mass is 35.5. The van der Waals surface area contributed by atoms with E-state index in [1.54, 1.807) is 0 Å². The van der Waals surface area contributed by atoms with Gasteiger partial charge in [-0.3, -0.25) is 0 Å². The highest BCUT2D eigenvalue weighted by Gasteiger charge is 2.09. The van der Waals surface area contributed by atoms with Crippen LogP contribution in [0.5, 0.6) is 5.88 Å². The molecule has 0 bridgehead atoms. The second-order valence-electron chi connectivity index (χ2n) is 4.47. The third-order valence-electron chi connectivity index (χ3n) is 3.12. The zero-order valence-corrected chi connectivity index (χ0v) is 11.9. The van der Waals surface area contributed by atoms with Gasteiger partial charge < -0.3 is 4.74 Å². The molecule has 2 aromatic carbocycles. The summed E-state index contributed by atoms with van der Waals surface area (Å²) in [4.78, 5) is 4.51. The van der Waals surface area contributed by atoms with Gasteiger partial charge in [-0.2, -0.15) is 0 Å². The van der Waals surface area contributed by atoms with Crippen LogP contribution in [0, 0.1) is 0 Å². The van der Waals surface area contributed by atoms with Gasteiger partial charge in [-0.1, -0.05) is 41.9 Å². The Morgan fingerprint density at radius 2 is 1.85 bits per heavy atom. The minimum absolute atomic E-state index is 0.598. The molecule has 100 valence electrons. The third kappa shape index (κ3) is 2.47. The SMILES string of the molecule is CCOc1cc(-c2ccccc2)c2cc(Cl)ccc2n1. The topological polar surface area (TPSA) is 22.1 Å². The fourth-order valence-corrected chi connectivity index (χ4v) is 2.42. The van der Waals surface area contributed by atoms with Crippen LogP contribution >= 0.6 is 11.6 Å². The highest BCUT2D eigenvalue weighted by molar-refractivity contribution is 6.31. The molecule has 0 fully saturated rings. The minimum Gasteiger partial charge on any atom is -0.478 e. The average Bonchev–Trinajstić information content (AvgIpc) is 2.48. The van der Waals surface area contributed by atoms with Crippen molar-refractivity contribution in [1.29, 1.82) is 0 Å². The molecule has 2 nitrogen and oxygen atoms in total. The summed E-state index contributed by atoms with van der Waals surface area (Å²) in [6, 6.07) is 17.9. The van der Waals surface area contributed by atoms with Crippen molar-refractivity contribution in [3.05, 3.63) is 59.6 Å². The second kappa shape index (κ2) is 5.51. The van der Waals surface area contributed by atoms with Gasteiger partial charge >= 0.3 is 0 Å². The predicted octanol–water partition coefficient (Wildman–Crippen LogP) is 4.95. The molecule has 3 aromatic rings. The first kappa shape index (κ1) is 12.9. The largest absolute Gasteiger partial charge is 0.478 e. The molecule has 3 heteroatoms. The smallest absolute Gasteiger partial charge is 0.214 e. The number of hydrogen-bond acceptors (Lipinski definition) is 2. The maximum Gasteiger partial charge on any atom is 0.214 e. The van der Waals surface area contributed by atoms with Crippen molar-refractivity contribution >= 4 is 22.5 Å². The first-order chi connectivity index (χ1) is 9.78. The van der Waals surface area contributed by atoms with E-state index in [-0.39, 0.29) is 0 Å². The van der Waals surface area contributed by atoms with E-state index in [1.807, 2.05) is 49.4 Å². The Balaban J connectivity index is 2.29. The summed E-state index contributed by atoms with van der Waals surface area (Å²) in [7, 11) is 0. The number of nitrogens with zero attached hydrogens (tertiary/aromatic N) is 1. The van der Waals surface area contributed by atoms with Crippen molar-refractivity contribution in [2.75, 3.05) is 6.61 Å². The molecule has 0 N–H and O–H groups in total. The number of halogens is 1. The minimum atomic E-state index is 0.598. The molecule has 1 heterocycles. The lowest BCUT2D eigenvalue weighted by Crippen LogP contribution is -1.96. The van der Waals surface area contributed by atoms with E-state index in [4.69, 9.17) is 16.3 Å². The van der Waals surface area contributed by atoms with Crippen LogP contribution in [0.3, 0.4) is 0 Å². The Hall–Kier alpha value is -2.06. The van der Waals surface area contributed by atoms with Gasteiger partial charge in [-0.15, -0.1) is 0 Å². The van der Waals surface area contributed by atoms with Gasteiger partial charge in [0.2, 0.25) is 5.88 Å². The van der Waals surface area contributed by atoms with E-state index in [0.29, 0.717) is 17.5 Å². The van der Waals surface area contributed by atoms with Crippen LogP contribution in [-0.4, -0.2) is 11.6 Å². The van der Waals surface area contributed by atoms with Gasteiger partial charge in [0.25, 0.3) is 0 Å². The summed E-state index contributed by atoms with van der Waals surface area (Å²) in [6.07, 6.45) is 0. The average molecular weight is 284 g/mol. The summed E-state index contributed by atoms with van der Waals surface area (Å²) in [5, 5.41) is 1.74. The molecule has 0 aliphatic rings. The van der Waals surface area contributed by atoms with Crippen LogP contribution in [0.2, 0.25) is 5.02 Å². The molecular weight excluding hydrogens is 270 g/mol. The van der Waals surface area contributed by atoms with Crippen molar-refractivity contribution < 1.29 is 4.74 Å². The normalized spacial score (nSPS) is 10.7. The van der Waals surface area contributed by atoms with Gasteiger partial charge in [0.1, 0.15) is 0 Å². The number of pyridine rings is 1. The standard InChI is InChI=1S/C17H14ClNO/c1-2-20-17-11-14(12-6-4-3-5-7-12)15-10-13(18)8-9-16(15)19-17/h3-11H,2H2,1H3. The summed E-state index contributed by atoms with van der Waals surface area (Å²) in [5.74, 6) is 0.640. The predicted molar refractivity (Wildman–Crippen MR) is 83.4 cm³/mol. The Morgan fingerprint density at radius 1 is 1.05 bits per heavy atom. The van der Waals surface area contributed by atoms with Gasteiger partial charge in [-0.05, 0) is 36.2 Å². The Labute approximate surface area is 123 Å². The number of benzene rings is 2. The van der Waals surface area contributed by atoms with Gasteiger partial charge in [0, 0.05) is 16.5 Å². The molecule has 0 spiro atoms. The monoisotopic (exact) mass is 283 g/mol. The van der Waals surface area contributed by atoms with E-state index < -0.39 is 0 Å². The molecule has 0 unspecified atom stereocenters. The van der Waals surface area contributed by atoms with Crippen molar-refractivity contribution in [2.24, 2.45) is 0 Å². The molecule has 0 atom stereocenters. The molecule has 0 aliphatic carbocycles. The summed E-state index contributed by atoms with van der Waals surface area (Å²) >= 11 is 6.12. The van der Waals surface area contributed by atoms with E-state index in [0.717, 1.165) is 22.0 Å². The van der Waals surface area contributed by atoms with E-state index in [2.05, 4.69) is 17.1 Å². The van der Waals surface area contributed by atoms with Gasteiger partial charge in [0.05, 0.1) is 12.1 Å². The number of hydrogen-bond donors (Lipinski definition) is 0. The van der Waals surface area contributed by atoms with Crippen molar-refractivity contribution in [2.45, 2.75) is 6.92 Å². The van der Waals surface area contributed by atoms with E-state index in [1.165, 1.54) is 0 Å². The first-order valence-corrected chi connectivity index (χ1v) is 6.94. The highest BCUT2D eigenvalue weighted by Crippen LogP contribution is 2.32. The Morgan fingerprint density at radius 3 is 2.60 bits per heavy atom. The number of aromatic nitrogens is 1. The lowest BCUT2D eigenvalue weighted by molar-refractivity contribution is 0.328. The van der Waals surface area contributed by atoms with Crippen LogP contribution in [0.1, 0.15) is 6.92 Å². The Kier molecular flexibility index (Phi) is 3.57. The van der Waals surface area contributed by atoms with E-state index >= 15 is 0 Å². The summed E-state index contributed by atoms with van der Waals surface area (Å²) in [5.41, 5.74) is 3.10. The number of fused-ring (bicyclic) bond motifs is 1. The zero-order chi connectivity index (χ0) is 13.9. The lowest BCUT2D eigenvalue weighted by atomic mass is 10.0. The molecule has 0 aliphatic heterocycles. The fourth-order valence-electron chi connectivity index (χ4n) is 2.25. The lowest BCUT2D eigenvalue weighted by Gasteiger charge is -2.10. The molecule has 20 heavy (non-hydrogen) atoms.